The number of hydrogen-bond acceptors (Lipinski definition) is 45. The predicted molar refractivity (Wildman–Crippen MR) is 299 cm³/mol. The molecule has 0 aromatic heterocycles. The van der Waals surface area contributed by atoms with Gasteiger partial charge in [0.1, 0.15) is 116 Å². The van der Waals surface area contributed by atoms with Gasteiger partial charge < -0.3 is 158 Å². The molecular weight excluding hydrogens is 1460 g/mol. The molecule has 0 saturated carbocycles. The van der Waals surface area contributed by atoms with E-state index >= 15 is 0 Å². The Hall–Kier alpha value is -1.50. The van der Waals surface area contributed by atoms with Crippen molar-refractivity contribution in [1.82, 2.24) is 0 Å². The number of methoxy groups -OCH3 is 2. The summed E-state index contributed by atoms with van der Waals surface area (Å²) in [5.74, 6) is -4.83. The van der Waals surface area contributed by atoms with Crippen LogP contribution in [0.25, 0.3) is 0 Å². The molecule has 559 valence electrons. The van der Waals surface area contributed by atoms with Crippen molar-refractivity contribution < 1.29 is 220 Å². The molecule has 10 N–H and O–H groups in total. The van der Waals surface area contributed by atoms with Gasteiger partial charge in [-0.3, -0.25) is 16.7 Å². The first kappa shape index (κ1) is 93.5. The summed E-state index contributed by atoms with van der Waals surface area (Å²) in [7, 11) is -18.6. The minimum Gasteiger partial charge on any atom is -0.726 e. The number of carboxylic acid groups (broad SMARTS) is 2. The third-order valence-corrected chi connectivity index (χ3v) is 17.0. The molecule has 51 heteroatoms. The first-order valence-corrected chi connectivity index (χ1v) is 34.2. The Balaban J connectivity index is 0.000000881. The fraction of sp³-hybridized carbons (Fsp3) is 0.913. The molecule has 6 rings (SSSR count). The largest absolute Gasteiger partial charge is 1.00 e. The van der Waals surface area contributed by atoms with Gasteiger partial charge in [0.05, 0.1) is 56.7 Å². The average Bonchev–Trinajstić information content (AvgIpc) is 1.56. The van der Waals surface area contributed by atoms with Crippen molar-refractivity contribution in [1.29, 1.82) is 5.26 Å². The number of carboxylic acids is 2. The number of rotatable bonds is 30. The standard InChI is InChI=1S/C23H40O20S3.C20H32O21S2.C2H7NS.CN.B.Na/c1-9-13(24)17(36-2)11(7-37-45(30,31)32)40-22(9)42-19-15(26)16(27)23(43-20(19)21(28)29)41-18-12(8-38-46(33,34)35)39-10(14(18)25)5-3-4-6-44;1-6-10(22)14(34-2)8(4-35-42(28,29)30)38-19(6)40-16-12(24)13(25)20(41-17(16)18(26)27)39-15-9(5-36-43(31,32)33)37-7(3-21)11(15)23;3-1-2-4;1-2;;/h9-20,22-27,44H,3-8H2,1-2H3,(H,28,29)(H,30,31,32)(H,33,34,35);3,6-17,19-20,22-25H,4-5H2,1-2H3,(H,26,27)(H,28,29,30)(H,31,32,33);4H,1-3H2;;;/q;;;-1;;+1/p-6/t9?,10-,11?,12+,13+,14?,15+,16?,17+,18-,19-,20?,22-,23+;6?,7-,8?,9+,10+,11?,12+,13?,14+,15-,16-,17?,19-,20+;;;;/m00..../s1. The van der Waals surface area contributed by atoms with Crippen LogP contribution in [0.5, 0.6) is 0 Å². The quantitative estimate of drug-likeness (QED) is 0.00605. The van der Waals surface area contributed by atoms with Crippen molar-refractivity contribution in [2.45, 2.75) is 193 Å². The van der Waals surface area contributed by atoms with Gasteiger partial charge in [-0.15, -0.1) is 0 Å². The first-order valence-electron chi connectivity index (χ1n) is 27.6. The van der Waals surface area contributed by atoms with E-state index in [0.29, 0.717) is 25.1 Å². The van der Waals surface area contributed by atoms with E-state index in [0.717, 1.165) is 20.0 Å². The molecule has 0 aromatic rings. The molecule has 0 amide bonds. The van der Waals surface area contributed by atoms with Crippen LogP contribution in [0.15, 0.2) is 0 Å². The molecule has 43 nitrogen and oxygen atoms in total. The second-order valence-electron chi connectivity index (χ2n) is 21.0. The molecule has 6 heterocycles. The average molecular weight is 1540 g/mol. The topological polar surface area (TPSA) is 685 Å². The van der Waals surface area contributed by atoms with Gasteiger partial charge in [0.2, 0.25) is 41.6 Å². The second kappa shape index (κ2) is 42.5. The number of hydrogen-bond donors (Lipinski definition) is 11. The molecular formula is C46H73BN2NaO41S6-6. The van der Waals surface area contributed by atoms with Crippen LogP contribution in [0.4, 0.5) is 0 Å². The third-order valence-electron chi connectivity index (χ3n) is 14.7. The van der Waals surface area contributed by atoms with Gasteiger partial charge in [0.15, 0.2) is 31.4 Å². The number of nitrogens with two attached hydrogens (primary N) is 1. The summed E-state index contributed by atoms with van der Waals surface area (Å²) < 4.78 is 213. The van der Waals surface area contributed by atoms with Crippen LogP contribution in [-0.2, 0) is 130 Å². The molecule has 10 unspecified atom stereocenters. The van der Waals surface area contributed by atoms with Crippen LogP contribution in [0.3, 0.4) is 0 Å². The Bertz CT molecular complexity index is 2870. The van der Waals surface area contributed by atoms with E-state index in [1.807, 2.05) is 0 Å². The van der Waals surface area contributed by atoms with Gasteiger partial charge >= 0.3 is 29.6 Å². The van der Waals surface area contributed by atoms with E-state index in [9.17, 15) is 117 Å². The normalized spacial score (nSPS) is 38.4. The van der Waals surface area contributed by atoms with Gasteiger partial charge in [0, 0.05) is 46.8 Å². The number of carbonyl (C=O) groups excluding carboxylic acids is 3. The third kappa shape index (κ3) is 27.8. The molecule has 0 bridgehead atoms. The Kier molecular flexibility index (Phi) is 40.9. The van der Waals surface area contributed by atoms with Crippen molar-refractivity contribution in [2.24, 2.45) is 17.6 Å². The number of thiol groups is 2. The maximum Gasteiger partial charge on any atom is 1.00 e. The minimum absolute atomic E-state index is 0. The Morgan fingerprint density at radius 1 is 0.485 bits per heavy atom. The number of aliphatic carboxylic acids is 2. The van der Waals surface area contributed by atoms with Gasteiger partial charge in [-0.05, 0) is 25.0 Å². The Morgan fingerprint density at radius 2 is 0.804 bits per heavy atom. The molecule has 6 fully saturated rings. The van der Waals surface area contributed by atoms with Crippen LogP contribution in [-0.4, -0.2) is 338 Å². The summed E-state index contributed by atoms with van der Waals surface area (Å²) in [6.45, 7) is 4.27. The molecule has 6 saturated heterocycles. The molecule has 97 heavy (non-hydrogen) atoms. The number of ether oxygens (including phenoxy) is 12. The van der Waals surface area contributed by atoms with E-state index in [1.165, 1.54) is 13.8 Å². The van der Waals surface area contributed by atoms with Crippen LogP contribution in [0.1, 0.15) is 33.1 Å². The maximum absolute atomic E-state index is 12.1. The fourth-order valence-electron chi connectivity index (χ4n) is 10.1. The van der Waals surface area contributed by atoms with Gasteiger partial charge in [-0.2, -0.15) is 25.3 Å². The van der Waals surface area contributed by atoms with Crippen molar-refractivity contribution in [3.63, 3.8) is 0 Å². The van der Waals surface area contributed by atoms with E-state index in [-0.39, 0.29) is 50.7 Å². The van der Waals surface area contributed by atoms with Gasteiger partial charge in [0.25, 0.3) is 0 Å². The van der Waals surface area contributed by atoms with E-state index in [4.69, 9.17) is 74.4 Å². The predicted octanol–water partition coefficient (Wildman–Crippen LogP) is -15.6. The van der Waals surface area contributed by atoms with Crippen LogP contribution >= 0.6 is 25.3 Å². The zero-order chi connectivity index (χ0) is 72.4. The van der Waals surface area contributed by atoms with Gasteiger partial charge in [-0.25, -0.2) is 33.7 Å². The summed E-state index contributed by atoms with van der Waals surface area (Å²) in [6.07, 6.45) is -43.8. The molecule has 0 spiro atoms. The molecule has 6 aliphatic rings. The Labute approximate surface area is 591 Å². The molecule has 3 radical (unpaired) electrons. The van der Waals surface area contributed by atoms with Gasteiger partial charge in [-0.1, -0.05) is 13.8 Å². The summed E-state index contributed by atoms with van der Waals surface area (Å²) in [6, 6.07) is 0. The monoisotopic (exact) mass is 1540 g/mol. The summed E-state index contributed by atoms with van der Waals surface area (Å²) in [5.41, 5.74) is 4.95. The van der Waals surface area contributed by atoms with Crippen molar-refractivity contribution in [3.05, 3.63) is 6.57 Å². The molecule has 6 aliphatic heterocycles. The molecule has 28 atom stereocenters. The summed E-state index contributed by atoms with van der Waals surface area (Å²) in [5, 5.41) is 116. The zero-order valence-corrected chi connectivity index (χ0v) is 58.5. The van der Waals surface area contributed by atoms with Crippen LogP contribution < -0.4 is 45.5 Å². The number of nitrogens with zero attached hydrogens (tertiary/aromatic N) is 1. The number of unbranched alkanes of at least 4 members (excludes halogenated alkanes) is 1. The SMILES string of the molecule is CO[C@@H]1C(COS(=O)(=O)[O-])O[C@@H](O[C@@H]2C(C(=O)[O-])O[C@@H](O[C@@H]3C(O)[C@H](C=O)O[C@@H]3COS(=O)(=O)[O-])C(O)[C@H]2O)C(C)[C@H]1O.CO[C@@H]1C(COS(=O)(=O)[O-])O[C@@H](O[C@@H]2C(C(=O)[O-])O[C@@H](O[C@@H]3C(O)[C@H](CCCCS)O[C@@H]3COS(=O)(=O)[O-])C(O)[C@H]2O)C(C)[C@H]1O.NCCS.[B].[C-]#N.[Na+]. The van der Waals surface area contributed by atoms with Crippen molar-refractivity contribution in [2.75, 3.05) is 58.7 Å². The smallest absolute Gasteiger partial charge is 0.726 e. The Morgan fingerprint density at radius 3 is 1.10 bits per heavy atom. The zero-order valence-electron chi connectivity index (χ0n) is 51.5. The summed E-state index contributed by atoms with van der Waals surface area (Å²) >= 11 is 7.89. The van der Waals surface area contributed by atoms with Crippen LogP contribution in [0, 0.1) is 23.7 Å². The van der Waals surface area contributed by atoms with Crippen LogP contribution in [0.2, 0.25) is 0 Å². The van der Waals surface area contributed by atoms with E-state index in [1.54, 1.807) is 0 Å². The number of aliphatic hydroxyl groups is 8. The number of aliphatic hydroxyl groups excluding tert-OH is 8. The maximum atomic E-state index is 12.1. The fourth-order valence-corrected chi connectivity index (χ4v) is 11.5. The van der Waals surface area contributed by atoms with Crippen molar-refractivity contribution in [3.8, 4) is 0 Å². The number of carbonyl (C=O) groups is 3. The van der Waals surface area contributed by atoms with Crippen molar-refractivity contribution >= 4 is 93.5 Å². The molecule has 0 aromatic carbocycles. The summed E-state index contributed by atoms with van der Waals surface area (Å²) in [4.78, 5) is 35.3. The second-order valence-corrected chi connectivity index (χ2v) is 26.1. The first-order chi connectivity index (χ1) is 44.2. The van der Waals surface area contributed by atoms with E-state index < -0.39 is 251 Å². The molecule has 0 aliphatic carbocycles. The number of aldehydes is 1. The van der Waals surface area contributed by atoms with E-state index in [2.05, 4.69) is 42.0 Å². The minimum atomic E-state index is -5.27.